The van der Waals surface area contributed by atoms with Gasteiger partial charge < -0.3 is 29.2 Å². The SMILES string of the molecule is O=S(=O)([O-])NC1C(O)OC(CO)C(O)C1OS(=O)(=O)[O-]. The first kappa shape index (κ1) is 17.6. The molecular weight excluding hydrogens is 326 g/mol. The summed E-state index contributed by atoms with van der Waals surface area (Å²) in [6.45, 7) is -0.895. The predicted molar refractivity (Wildman–Crippen MR) is 55.2 cm³/mol. The van der Waals surface area contributed by atoms with Gasteiger partial charge in [-0.25, -0.2) is 21.6 Å². The Bertz CT molecular complexity index is 529. The molecule has 1 saturated heterocycles. The third-order valence-corrected chi connectivity index (χ3v) is 3.40. The molecule has 12 nitrogen and oxygen atoms in total. The Labute approximate surface area is 113 Å². The van der Waals surface area contributed by atoms with Crippen molar-refractivity contribution in [1.29, 1.82) is 0 Å². The van der Waals surface area contributed by atoms with Gasteiger partial charge in [0.1, 0.15) is 24.4 Å². The van der Waals surface area contributed by atoms with Crippen LogP contribution < -0.4 is 4.72 Å². The second-order valence-electron chi connectivity index (χ2n) is 3.81. The van der Waals surface area contributed by atoms with Gasteiger partial charge in [-0.05, 0) is 0 Å². The fourth-order valence-electron chi connectivity index (χ4n) is 1.63. The van der Waals surface area contributed by atoms with Gasteiger partial charge in [0.15, 0.2) is 16.6 Å². The second kappa shape index (κ2) is 6.14. The molecule has 1 fully saturated rings. The fourth-order valence-corrected chi connectivity index (χ4v) is 2.72. The number of hydrogen-bond donors (Lipinski definition) is 4. The number of aliphatic hydroxyl groups excluding tert-OH is 3. The highest BCUT2D eigenvalue weighted by atomic mass is 32.3. The summed E-state index contributed by atoms with van der Waals surface area (Å²) in [5.74, 6) is 0. The van der Waals surface area contributed by atoms with Crippen LogP contribution in [0.25, 0.3) is 0 Å². The van der Waals surface area contributed by atoms with Crippen molar-refractivity contribution in [2.24, 2.45) is 0 Å². The maximum absolute atomic E-state index is 10.6. The molecule has 0 aromatic rings. The highest BCUT2D eigenvalue weighted by Crippen LogP contribution is 2.23. The second-order valence-corrected chi connectivity index (χ2v) is 5.96. The molecule has 5 unspecified atom stereocenters. The maximum Gasteiger partial charge on any atom is 0.218 e. The van der Waals surface area contributed by atoms with E-state index in [1.165, 1.54) is 4.72 Å². The van der Waals surface area contributed by atoms with Crippen molar-refractivity contribution in [3.05, 3.63) is 0 Å². The summed E-state index contributed by atoms with van der Waals surface area (Å²) in [4.78, 5) is 0. The van der Waals surface area contributed by atoms with Crippen molar-refractivity contribution in [1.82, 2.24) is 4.72 Å². The minimum absolute atomic E-state index is 0.895. The molecule has 120 valence electrons. The van der Waals surface area contributed by atoms with Crippen molar-refractivity contribution in [2.75, 3.05) is 6.61 Å². The Hall–Kier alpha value is -0.420. The average molecular weight is 337 g/mol. The Morgan fingerprint density at radius 1 is 1.20 bits per heavy atom. The lowest BCUT2D eigenvalue weighted by Gasteiger charge is -2.42. The minimum Gasteiger partial charge on any atom is -0.735 e. The van der Waals surface area contributed by atoms with Crippen LogP contribution in [-0.2, 0) is 29.6 Å². The molecule has 0 saturated carbocycles. The topological polar surface area (TPSA) is 206 Å². The quantitative estimate of drug-likeness (QED) is 0.277. The van der Waals surface area contributed by atoms with E-state index in [2.05, 4.69) is 8.92 Å². The van der Waals surface area contributed by atoms with E-state index in [0.29, 0.717) is 0 Å². The van der Waals surface area contributed by atoms with Crippen LogP contribution >= 0.6 is 0 Å². The van der Waals surface area contributed by atoms with E-state index in [1.54, 1.807) is 0 Å². The monoisotopic (exact) mass is 337 g/mol. The highest BCUT2D eigenvalue weighted by molar-refractivity contribution is 7.83. The van der Waals surface area contributed by atoms with E-state index in [1.807, 2.05) is 0 Å². The molecule has 14 heteroatoms. The lowest BCUT2D eigenvalue weighted by atomic mass is 9.98. The first-order valence-corrected chi connectivity index (χ1v) is 7.68. The van der Waals surface area contributed by atoms with E-state index < -0.39 is 58.0 Å². The van der Waals surface area contributed by atoms with Crippen LogP contribution in [0.2, 0.25) is 0 Å². The van der Waals surface area contributed by atoms with Crippen LogP contribution in [-0.4, -0.2) is 78.5 Å². The zero-order chi connectivity index (χ0) is 15.7. The van der Waals surface area contributed by atoms with E-state index in [0.717, 1.165) is 0 Å². The number of ether oxygens (including phenoxy) is 1. The smallest absolute Gasteiger partial charge is 0.218 e. The summed E-state index contributed by atoms with van der Waals surface area (Å²) < 4.78 is 73.0. The number of aliphatic hydroxyl groups is 3. The van der Waals surface area contributed by atoms with Crippen LogP contribution in [0.1, 0.15) is 0 Å². The average Bonchev–Trinajstić information content (AvgIpc) is 2.25. The molecule has 1 heterocycles. The highest BCUT2D eigenvalue weighted by Gasteiger charge is 2.47. The first-order chi connectivity index (χ1) is 8.94. The lowest BCUT2D eigenvalue weighted by molar-refractivity contribution is -0.247. The summed E-state index contributed by atoms with van der Waals surface area (Å²) in [6.07, 6.45) is -7.83. The van der Waals surface area contributed by atoms with Crippen LogP contribution in [0.4, 0.5) is 0 Å². The summed E-state index contributed by atoms with van der Waals surface area (Å²) >= 11 is 0. The van der Waals surface area contributed by atoms with Gasteiger partial charge in [0, 0.05) is 0 Å². The molecule has 1 aliphatic rings. The Kier molecular flexibility index (Phi) is 5.41. The molecule has 1 aliphatic heterocycles. The minimum atomic E-state index is -5.40. The van der Waals surface area contributed by atoms with E-state index >= 15 is 0 Å². The molecule has 0 radical (unpaired) electrons. The zero-order valence-corrected chi connectivity index (χ0v) is 11.2. The van der Waals surface area contributed by atoms with Gasteiger partial charge in [-0.1, -0.05) is 0 Å². The third kappa shape index (κ3) is 4.85. The van der Waals surface area contributed by atoms with Crippen molar-refractivity contribution < 1.29 is 50.2 Å². The molecule has 0 bridgehead atoms. The van der Waals surface area contributed by atoms with E-state index in [-0.39, 0.29) is 0 Å². The standard InChI is InChI=1S/C6H13NO11S2/c8-1-2-4(9)5(18-20(14,15)16)3(6(10)17-2)7-19(11,12)13/h2-10H,1H2,(H,11,12,13)(H,14,15,16)/p-2. The fraction of sp³-hybridized carbons (Fsp3) is 1.00. The summed E-state index contributed by atoms with van der Waals surface area (Å²) in [7, 11) is -10.6. The lowest BCUT2D eigenvalue weighted by Crippen LogP contribution is -2.65. The van der Waals surface area contributed by atoms with Crippen molar-refractivity contribution >= 4 is 20.7 Å². The van der Waals surface area contributed by atoms with Gasteiger partial charge in [0.2, 0.25) is 10.4 Å². The number of hydrogen-bond acceptors (Lipinski definition) is 11. The molecule has 5 atom stereocenters. The first-order valence-electron chi connectivity index (χ1n) is 4.94. The number of rotatable bonds is 5. The summed E-state index contributed by atoms with van der Waals surface area (Å²) in [5, 5.41) is 27.9. The molecule has 0 spiro atoms. The molecule has 0 amide bonds. The van der Waals surface area contributed by atoms with Gasteiger partial charge >= 0.3 is 0 Å². The van der Waals surface area contributed by atoms with E-state index in [9.17, 15) is 36.2 Å². The van der Waals surface area contributed by atoms with Crippen LogP contribution in [0.15, 0.2) is 0 Å². The van der Waals surface area contributed by atoms with Crippen molar-refractivity contribution in [3.63, 3.8) is 0 Å². The largest absolute Gasteiger partial charge is 0.735 e. The van der Waals surface area contributed by atoms with Gasteiger partial charge in [-0.2, -0.15) is 0 Å². The van der Waals surface area contributed by atoms with E-state index in [4.69, 9.17) is 5.11 Å². The maximum atomic E-state index is 10.6. The van der Waals surface area contributed by atoms with Gasteiger partial charge in [-0.3, -0.25) is 4.18 Å². The molecule has 0 aliphatic carbocycles. The van der Waals surface area contributed by atoms with Gasteiger partial charge in [0.05, 0.1) is 6.61 Å². The molecule has 1 rings (SSSR count). The zero-order valence-electron chi connectivity index (χ0n) is 9.52. The molecule has 4 N–H and O–H groups in total. The van der Waals surface area contributed by atoms with Crippen LogP contribution in [0, 0.1) is 0 Å². The van der Waals surface area contributed by atoms with Crippen LogP contribution in [0.3, 0.4) is 0 Å². The van der Waals surface area contributed by atoms with Crippen molar-refractivity contribution in [2.45, 2.75) is 30.6 Å². The Morgan fingerprint density at radius 3 is 2.15 bits per heavy atom. The van der Waals surface area contributed by atoms with Gasteiger partial charge in [0.25, 0.3) is 0 Å². The third-order valence-electron chi connectivity index (χ3n) is 2.38. The normalized spacial score (nSPS) is 36.0. The number of nitrogens with one attached hydrogen (secondary N) is 1. The molecule has 0 aromatic heterocycles. The van der Waals surface area contributed by atoms with Crippen molar-refractivity contribution in [3.8, 4) is 0 Å². The Balaban J connectivity index is 3.09. The van der Waals surface area contributed by atoms with Gasteiger partial charge in [-0.15, -0.1) is 0 Å². The molecular formula is C6H11NO11S2-2. The predicted octanol–water partition coefficient (Wildman–Crippen LogP) is -4.68. The summed E-state index contributed by atoms with van der Waals surface area (Å²) in [6, 6.07) is -2.06. The summed E-state index contributed by atoms with van der Waals surface area (Å²) in [5.41, 5.74) is 0. The molecule has 0 aromatic carbocycles. The molecule has 20 heavy (non-hydrogen) atoms. The van der Waals surface area contributed by atoms with Crippen LogP contribution in [0.5, 0.6) is 0 Å². The Morgan fingerprint density at radius 2 is 1.75 bits per heavy atom.